The van der Waals surface area contributed by atoms with Crippen molar-refractivity contribution in [1.82, 2.24) is 4.98 Å². The van der Waals surface area contributed by atoms with Gasteiger partial charge in [-0.3, -0.25) is 0 Å². The molecule has 0 aliphatic heterocycles. The molecular weight excluding hydrogens is 174 g/mol. The number of hydrogen-bond acceptors (Lipinski definition) is 2. The third kappa shape index (κ3) is 3.02. The highest BCUT2D eigenvalue weighted by molar-refractivity contribution is 5.23. The Balaban J connectivity index is 2.73. The highest BCUT2D eigenvalue weighted by atomic mass is 16.5. The molecule has 1 heterocycles. The van der Waals surface area contributed by atoms with Gasteiger partial charge in [0.2, 0.25) is 5.88 Å². The zero-order valence-corrected chi connectivity index (χ0v) is 9.45. The van der Waals surface area contributed by atoms with Crippen molar-refractivity contribution in [1.29, 1.82) is 0 Å². The van der Waals surface area contributed by atoms with Gasteiger partial charge < -0.3 is 4.74 Å². The second-order valence-corrected chi connectivity index (χ2v) is 3.92. The highest BCUT2D eigenvalue weighted by Crippen LogP contribution is 2.18. The van der Waals surface area contributed by atoms with Crippen LogP contribution in [0, 0.1) is 0 Å². The van der Waals surface area contributed by atoms with Crippen LogP contribution in [0.2, 0.25) is 0 Å². The molecule has 78 valence electrons. The number of nitrogens with zero attached hydrogens (tertiary/aromatic N) is 1. The predicted octanol–water partition coefficient (Wildman–Crippen LogP) is 3.38. The van der Waals surface area contributed by atoms with Crippen LogP contribution in [0.5, 0.6) is 5.88 Å². The summed E-state index contributed by atoms with van der Waals surface area (Å²) in [5.41, 5.74) is 1.28. The predicted molar refractivity (Wildman–Crippen MR) is 58.7 cm³/mol. The van der Waals surface area contributed by atoms with E-state index in [0.717, 1.165) is 12.3 Å². The van der Waals surface area contributed by atoms with Crippen LogP contribution in [0.1, 0.15) is 45.6 Å². The maximum atomic E-state index is 5.64. The molecule has 2 heteroatoms. The lowest BCUT2D eigenvalue weighted by Crippen LogP contribution is -2.10. The third-order valence-electron chi connectivity index (χ3n) is 2.32. The topological polar surface area (TPSA) is 22.1 Å². The Kier molecular flexibility index (Phi) is 3.93. The van der Waals surface area contributed by atoms with E-state index >= 15 is 0 Å². The summed E-state index contributed by atoms with van der Waals surface area (Å²) in [5.74, 6) is 1.27. The highest BCUT2D eigenvalue weighted by Gasteiger charge is 2.04. The Morgan fingerprint density at radius 2 is 2.07 bits per heavy atom. The van der Waals surface area contributed by atoms with Crippen LogP contribution >= 0.6 is 0 Å². The number of pyridine rings is 1. The molecule has 1 atom stereocenters. The van der Waals surface area contributed by atoms with Crippen molar-refractivity contribution in [3.05, 3.63) is 23.9 Å². The monoisotopic (exact) mass is 193 g/mol. The van der Waals surface area contributed by atoms with Crippen LogP contribution in [0.15, 0.2) is 18.3 Å². The maximum absolute atomic E-state index is 5.64. The molecule has 0 unspecified atom stereocenters. The fourth-order valence-corrected chi connectivity index (χ4v) is 1.14. The summed E-state index contributed by atoms with van der Waals surface area (Å²) in [5, 5.41) is 0. The Labute approximate surface area is 86.3 Å². The molecule has 0 aliphatic carbocycles. The summed E-state index contributed by atoms with van der Waals surface area (Å²) in [7, 11) is 0. The summed E-state index contributed by atoms with van der Waals surface area (Å²) in [6, 6.07) is 4.06. The van der Waals surface area contributed by atoms with E-state index in [-0.39, 0.29) is 6.10 Å². The van der Waals surface area contributed by atoms with Crippen molar-refractivity contribution in [3.63, 3.8) is 0 Å². The second kappa shape index (κ2) is 4.99. The van der Waals surface area contributed by atoms with Gasteiger partial charge in [0, 0.05) is 12.3 Å². The van der Waals surface area contributed by atoms with E-state index in [0.29, 0.717) is 5.92 Å². The molecule has 0 fully saturated rings. The fourth-order valence-electron chi connectivity index (χ4n) is 1.14. The first-order valence-electron chi connectivity index (χ1n) is 5.26. The van der Waals surface area contributed by atoms with Gasteiger partial charge in [0.15, 0.2) is 0 Å². The quantitative estimate of drug-likeness (QED) is 0.731. The summed E-state index contributed by atoms with van der Waals surface area (Å²) in [6.45, 7) is 8.51. The van der Waals surface area contributed by atoms with E-state index in [9.17, 15) is 0 Å². The number of ether oxygens (including phenoxy) is 1. The first kappa shape index (κ1) is 11.0. The molecule has 0 saturated carbocycles. The van der Waals surface area contributed by atoms with Gasteiger partial charge in [0.25, 0.3) is 0 Å². The van der Waals surface area contributed by atoms with Gasteiger partial charge in [-0.25, -0.2) is 4.98 Å². The smallest absolute Gasteiger partial charge is 0.213 e. The molecule has 0 N–H and O–H groups in total. The third-order valence-corrected chi connectivity index (χ3v) is 2.32. The van der Waals surface area contributed by atoms with E-state index < -0.39 is 0 Å². The largest absolute Gasteiger partial charge is 0.475 e. The van der Waals surface area contributed by atoms with E-state index in [2.05, 4.69) is 32.7 Å². The molecule has 1 aromatic heterocycles. The average molecular weight is 193 g/mol. The van der Waals surface area contributed by atoms with E-state index in [4.69, 9.17) is 4.74 Å². The van der Waals surface area contributed by atoms with Gasteiger partial charge >= 0.3 is 0 Å². The number of aromatic nitrogens is 1. The minimum absolute atomic E-state index is 0.241. The van der Waals surface area contributed by atoms with Gasteiger partial charge in [0.1, 0.15) is 0 Å². The van der Waals surface area contributed by atoms with Crippen molar-refractivity contribution in [2.24, 2.45) is 0 Å². The van der Waals surface area contributed by atoms with Crippen LogP contribution in [-0.2, 0) is 0 Å². The maximum Gasteiger partial charge on any atom is 0.213 e. The molecule has 0 amide bonds. The molecule has 0 saturated heterocycles. The van der Waals surface area contributed by atoms with Crippen molar-refractivity contribution >= 4 is 0 Å². The Hall–Kier alpha value is -1.05. The second-order valence-electron chi connectivity index (χ2n) is 3.92. The van der Waals surface area contributed by atoms with Gasteiger partial charge in [-0.15, -0.1) is 0 Å². The Morgan fingerprint density at radius 3 is 2.64 bits per heavy atom. The van der Waals surface area contributed by atoms with Gasteiger partial charge in [0.05, 0.1) is 6.10 Å². The van der Waals surface area contributed by atoms with E-state index in [1.54, 1.807) is 0 Å². The summed E-state index contributed by atoms with van der Waals surface area (Å²) in [4.78, 5) is 4.19. The molecule has 0 aliphatic rings. The minimum Gasteiger partial charge on any atom is -0.475 e. The van der Waals surface area contributed by atoms with Crippen LogP contribution in [-0.4, -0.2) is 11.1 Å². The Bertz CT molecular complexity index is 283. The molecule has 0 radical (unpaired) electrons. The van der Waals surface area contributed by atoms with Gasteiger partial charge in [-0.1, -0.05) is 20.8 Å². The SMILES string of the molecule is CC[C@@H](C)Oc1cc(C(C)C)ccn1. The summed E-state index contributed by atoms with van der Waals surface area (Å²) >= 11 is 0. The molecule has 0 spiro atoms. The van der Waals surface area contributed by atoms with E-state index in [1.165, 1.54) is 5.56 Å². The lowest BCUT2D eigenvalue weighted by atomic mass is 10.1. The van der Waals surface area contributed by atoms with Crippen molar-refractivity contribution in [2.45, 2.75) is 46.1 Å². The molecule has 1 aromatic rings. The minimum atomic E-state index is 0.241. The van der Waals surface area contributed by atoms with Crippen molar-refractivity contribution in [2.75, 3.05) is 0 Å². The van der Waals surface area contributed by atoms with Gasteiger partial charge in [-0.2, -0.15) is 0 Å². The van der Waals surface area contributed by atoms with Gasteiger partial charge in [-0.05, 0) is 30.9 Å². The molecule has 1 rings (SSSR count). The normalized spacial score (nSPS) is 12.9. The van der Waals surface area contributed by atoms with Crippen LogP contribution in [0.25, 0.3) is 0 Å². The summed E-state index contributed by atoms with van der Waals surface area (Å²) < 4.78 is 5.64. The number of rotatable bonds is 4. The summed E-state index contributed by atoms with van der Waals surface area (Å²) in [6.07, 6.45) is 3.06. The van der Waals surface area contributed by atoms with Crippen molar-refractivity contribution < 1.29 is 4.74 Å². The molecule has 0 aromatic carbocycles. The Morgan fingerprint density at radius 1 is 1.36 bits per heavy atom. The average Bonchev–Trinajstić information content (AvgIpc) is 2.18. The first-order chi connectivity index (χ1) is 6.63. The van der Waals surface area contributed by atoms with Crippen LogP contribution < -0.4 is 4.74 Å². The standard InChI is InChI=1S/C12H19NO/c1-5-10(4)14-12-8-11(9(2)3)6-7-13-12/h6-10H,5H2,1-4H3/t10-/m1/s1. The fraction of sp³-hybridized carbons (Fsp3) is 0.583. The molecule has 2 nitrogen and oxygen atoms in total. The van der Waals surface area contributed by atoms with E-state index in [1.807, 2.05) is 18.3 Å². The van der Waals surface area contributed by atoms with Crippen LogP contribution in [0.3, 0.4) is 0 Å². The molecule has 14 heavy (non-hydrogen) atoms. The van der Waals surface area contributed by atoms with Crippen LogP contribution in [0.4, 0.5) is 0 Å². The number of hydrogen-bond donors (Lipinski definition) is 0. The zero-order valence-electron chi connectivity index (χ0n) is 9.45. The lowest BCUT2D eigenvalue weighted by molar-refractivity contribution is 0.208. The first-order valence-corrected chi connectivity index (χ1v) is 5.26. The lowest BCUT2D eigenvalue weighted by Gasteiger charge is -2.13. The molecule has 0 bridgehead atoms. The molecular formula is C12H19NO. The van der Waals surface area contributed by atoms with Crippen molar-refractivity contribution in [3.8, 4) is 5.88 Å². The zero-order chi connectivity index (χ0) is 10.6.